The molecule has 2 aliphatic rings. The summed E-state index contributed by atoms with van der Waals surface area (Å²) in [5.74, 6) is 0.990. The number of piperidine rings is 1. The van der Waals surface area contributed by atoms with Gasteiger partial charge >= 0.3 is 0 Å². The van der Waals surface area contributed by atoms with Crippen molar-refractivity contribution >= 4 is 15.9 Å². The minimum atomic E-state index is 0.752. The van der Waals surface area contributed by atoms with Crippen molar-refractivity contribution in [1.29, 1.82) is 0 Å². The molecule has 0 amide bonds. The number of fused-ring (bicyclic) bond motifs is 2. The quantitative estimate of drug-likeness (QED) is 0.603. The normalized spacial score (nSPS) is 30.5. The van der Waals surface area contributed by atoms with Crippen LogP contribution in [0.2, 0.25) is 0 Å². The lowest BCUT2D eigenvalue weighted by atomic mass is 10.0. The highest BCUT2D eigenvalue weighted by Gasteiger charge is 2.39. The second kappa shape index (κ2) is 6.27. The van der Waals surface area contributed by atoms with Crippen LogP contribution in [0.25, 0.3) is 0 Å². The molecule has 2 fully saturated rings. The lowest BCUT2D eigenvalue weighted by molar-refractivity contribution is 0.134. The first-order valence-corrected chi connectivity index (χ1v) is 8.32. The van der Waals surface area contributed by atoms with E-state index in [1.807, 2.05) is 30.3 Å². The standard InChI is InChI=1S/C16H22BrNO/c17-13-11-14-7-8-15(12-13)18(14)9-4-10-19-16-5-2-1-3-6-16/h1-3,5-6,13-15H,4,7-12H2. The lowest BCUT2D eigenvalue weighted by Crippen LogP contribution is -2.43. The number of ether oxygens (including phenoxy) is 1. The maximum Gasteiger partial charge on any atom is 0.119 e. The predicted octanol–water partition coefficient (Wildman–Crippen LogP) is 3.85. The summed E-state index contributed by atoms with van der Waals surface area (Å²) in [5.41, 5.74) is 0. The number of hydrogen-bond donors (Lipinski definition) is 0. The molecule has 3 heteroatoms. The molecule has 2 heterocycles. The Balaban J connectivity index is 1.41. The maximum absolute atomic E-state index is 5.77. The number of nitrogens with zero attached hydrogens (tertiary/aromatic N) is 1. The molecule has 104 valence electrons. The zero-order chi connectivity index (χ0) is 13.1. The summed E-state index contributed by atoms with van der Waals surface area (Å²) in [6, 6.07) is 11.8. The monoisotopic (exact) mass is 323 g/mol. The van der Waals surface area contributed by atoms with E-state index in [1.165, 1.54) is 32.2 Å². The Morgan fingerprint density at radius 1 is 1.11 bits per heavy atom. The van der Waals surface area contributed by atoms with Gasteiger partial charge < -0.3 is 4.74 Å². The second-order valence-corrected chi connectivity index (χ2v) is 7.00. The third-order valence-corrected chi connectivity index (χ3v) is 5.15. The fraction of sp³-hybridized carbons (Fsp3) is 0.625. The number of hydrogen-bond acceptors (Lipinski definition) is 2. The highest BCUT2D eigenvalue weighted by Crippen LogP contribution is 2.38. The first-order chi connectivity index (χ1) is 9.33. The summed E-state index contributed by atoms with van der Waals surface area (Å²) >= 11 is 3.80. The number of para-hydroxylation sites is 1. The third-order valence-electron chi connectivity index (χ3n) is 4.40. The number of rotatable bonds is 5. The van der Waals surface area contributed by atoms with E-state index in [9.17, 15) is 0 Å². The lowest BCUT2D eigenvalue weighted by Gasteiger charge is -2.37. The van der Waals surface area contributed by atoms with E-state index >= 15 is 0 Å². The van der Waals surface area contributed by atoms with Crippen molar-refractivity contribution in [3.05, 3.63) is 30.3 Å². The maximum atomic E-state index is 5.77. The van der Waals surface area contributed by atoms with Crippen LogP contribution in [-0.4, -0.2) is 35.0 Å². The highest BCUT2D eigenvalue weighted by atomic mass is 79.9. The van der Waals surface area contributed by atoms with Crippen LogP contribution in [0.4, 0.5) is 0 Å². The van der Waals surface area contributed by atoms with Crippen LogP contribution in [0.15, 0.2) is 30.3 Å². The van der Waals surface area contributed by atoms with Gasteiger partial charge in [0.1, 0.15) is 5.75 Å². The number of halogens is 1. The Labute approximate surface area is 124 Å². The molecule has 3 rings (SSSR count). The van der Waals surface area contributed by atoms with Crippen molar-refractivity contribution in [3.63, 3.8) is 0 Å². The van der Waals surface area contributed by atoms with Crippen molar-refractivity contribution in [3.8, 4) is 5.75 Å². The molecule has 2 bridgehead atoms. The molecular formula is C16H22BrNO. The highest BCUT2D eigenvalue weighted by molar-refractivity contribution is 9.09. The summed E-state index contributed by atoms with van der Waals surface area (Å²) in [6.45, 7) is 2.03. The molecule has 0 spiro atoms. The average Bonchev–Trinajstić information content (AvgIpc) is 2.67. The van der Waals surface area contributed by atoms with Crippen LogP contribution in [-0.2, 0) is 0 Å². The van der Waals surface area contributed by atoms with Crippen molar-refractivity contribution in [2.45, 2.75) is 49.0 Å². The van der Waals surface area contributed by atoms with Gasteiger partial charge in [0.25, 0.3) is 0 Å². The van der Waals surface area contributed by atoms with Gasteiger partial charge in [-0.15, -0.1) is 0 Å². The molecule has 2 unspecified atom stereocenters. The van der Waals surface area contributed by atoms with Crippen LogP contribution in [0.5, 0.6) is 5.75 Å². The first kappa shape index (κ1) is 13.4. The van der Waals surface area contributed by atoms with E-state index in [1.54, 1.807) is 0 Å². The van der Waals surface area contributed by atoms with Gasteiger partial charge in [0.15, 0.2) is 0 Å². The molecule has 2 aliphatic heterocycles. The Kier molecular flexibility index (Phi) is 4.44. The molecule has 0 aliphatic carbocycles. The van der Waals surface area contributed by atoms with Crippen LogP contribution < -0.4 is 4.74 Å². The van der Waals surface area contributed by atoms with Gasteiger partial charge in [-0.05, 0) is 44.2 Å². The first-order valence-electron chi connectivity index (χ1n) is 7.40. The van der Waals surface area contributed by atoms with Gasteiger partial charge in [-0.1, -0.05) is 34.1 Å². The van der Waals surface area contributed by atoms with Crippen LogP contribution in [0.3, 0.4) is 0 Å². The van der Waals surface area contributed by atoms with Gasteiger partial charge in [-0.3, -0.25) is 4.90 Å². The second-order valence-electron chi connectivity index (χ2n) is 5.71. The minimum absolute atomic E-state index is 0.752. The van der Waals surface area contributed by atoms with Gasteiger partial charge in [0.2, 0.25) is 0 Å². The van der Waals surface area contributed by atoms with E-state index < -0.39 is 0 Å². The smallest absolute Gasteiger partial charge is 0.119 e. The van der Waals surface area contributed by atoms with E-state index in [0.29, 0.717) is 0 Å². The summed E-state index contributed by atoms with van der Waals surface area (Å²) in [4.78, 5) is 3.48. The molecular weight excluding hydrogens is 302 g/mol. The van der Waals surface area contributed by atoms with Crippen molar-refractivity contribution < 1.29 is 4.74 Å². The van der Waals surface area contributed by atoms with E-state index in [4.69, 9.17) is 4.74 Å². The van der Waals surface area contributed by atoms with E-state index in [2.05, 4.69) is 20.8 Å². The number of benzene rings is 1. The van der Waals surface area contributed by atoms with Crippen LogP contribution in [0.1, 0.15) is 32.1 Å². The third kappa shape index (κ3) is 3.32. The fourth-order valence-electron chi connectivity index (χ4n) is 3.53. The van der Waals surface area contributed by atoms with E-state index in [-0.39, 0.29) is 0 Å². The molecule has 0 radical (unpaired) electrons. The summed E-state index contributed by atoms with van der Waals surface area (Å²) in [5, 5.41) is 0. The molecule has 0 saturated carbocycles. The Morgan fingerprint density at radius 2 is 1.79 bits per heavy atom. The van der Waals surface area contributed by atoms with Crippen molar-refractivity contribution in [2.75, 3.05) is 13.2 Å². The molecule has 19 heavy (non-hydrogen) atoms. The SMILES string of the molecule is BrC1CC2CCC(C1)N2CCCOc1ccccc1. The summed E-state index contributed by atoms with van der Waals surface area (Å²) in [7, 11) is 0. The topological polar surface area (TPSA) is 12.5 Å². The van der Waals surface area contributed by atoms with Crippen LogP contribution >= 0.6 is 15.9 Å². The fourth-order valence-corrected chi connectivity index (χ4v) is 4.39. The Bertz CT molecular complexity index is 383. The largest absolute Gasteiger partial charge is 0.494 e. The Hall–Kier alpha value is -0.540. The average molecular weight is 324 g/mol. The summed E-state index contributed by atoms with van der Waals surface area (Å²) in [6.07, 6.45) is 6.58. The molecule has 1 aromatic carbocycles. The molecule has 2 saturated heterocycles. The van der Waals surface area contributed by atoms with Crippen molar-refractivity contribution in [2.24, 2.45) is 0 Å². The van der Waals surface area contributed by atoms with Crippen molar-refractivity contribution in [1.82, 2.24) is 4.90 Å². The van der Waals surface area contributed by atoms with E-state index in [0.717, 1.165) is 35.7 Å². The molecule has 1 aromatic rings. The van der Waals surface area contributed by atoms with Gasteiger partial charge in [-0.2, -0.15) is 0 Å². The zero-order valence-corrected chi connectivity index (χ0v) is 12.9. The van der Waals surface area contributed by atoms with Crippen LogP contribution in [0, 0.1) is 0 Å². The van der Waals surface area contributed by atoms with Gasteiger partial charge in [0.05, 0.1) is 6.61 Å². The molecule has 2 atom stereocenters. The zero-order valence-electron chi connectivity index (χ0n) is 11.3. The molecule has 0 N–H and O–H groups in total. The number of alkyl halides is 1. The Morgan fingerprint density at radius 3 is 2.47 bits per heavy atom. The molecule has 2 nitrogen and oxygen atoms in total. The predicted molar refractivity (Wildman–Crippen MR) is 82.0 cm³/mol. The minimum Gasteiger partial charge on any atom is -0.494 e. The van der Waals surface area contributed by atoms with Gasteiger partial charge in [-0.25, -0.2) is 0 Å². The molecule has 0 aromatic heterocycles. The summed E-state index contributed by atoms with van der Waals surface area (Å²) < 4.78 is 5.77. The van der Waals surface area contributed by atoms with Gasteiger partial charge in [0, 0.05) is 23.5 Å².